The van der Waals surface area contributed by atoms with Crippen molar-refractivity contribution >= 4 is 28.2 Å². The molecule has 6 nitrogen and oxygen atoms in total. The molecule has 0 aliphatic heterocycles. The fraction of sp³-hybridized carbons (Fsp3) is 0.821. The van der Waals surface area contributed by atoms with E-state index in [2.05, 4.69) is 118 Å². The second-order valence-electron chi connectivity index (χ2n) is 23.9. The highest BCUT2D eigenvalue weighted by atomic mass is 28.4. The van der Waals surface area contributed by atoms with Crippen LogP contribution < -0.4 is 0 Å². The third-order valence-electron chi connectivity index (χ3n) is 16.2. The second kappa shape index (κ2) is 26.4. The molecule has 4 aliphatic rings. The van der Waals surface area contributed by atoms with E-state index in [1.54, 1.807) is 25.0 Å². The highest BCUT2D eigenvalue weighted by molar-refractivity contribution is 6.74. The molecule has 0 aromatic carbocycles. The van der Waals surface area contributed by atoms with Gasteiger partial charge >= 0.3 is 0 Å². The summed E-state index contributed by atoms with van der Waals surface area (Å²) in [5.74, 6) is 3.17. The van der Waals surface area contributed by atoms with E-state index >= 15 is 0 Å². The number of hydrogen-bond donors (Lipinski definition) is 2. The molecule has 2 fully saturated rings. The number of allylic oxidation sites excluding steroid dienone is 4. The maximum Gasteiger partial charge on any atom is 0.192 e. The van der Waals surface area contributed by atoms with Crippen molar-refractivity contribution < 1.29 is 28.7 Å². The predicted molar refractivity (Wildman–Crippen MR) is 277 cm³/mol. The van der Waals surface area contributed by atoms with Crippen LogP contribution in [0.1, 0.15) is 198 Å². The van der Waals surface area contributed by atoms with Crippen LogP contribution in [0.3, 0.4) is 0 Å². The van der Waals surface area contributed by atoms with Crippen LogP contribution in [-0.4, -0.2) is 62.8 Å². The SMILES string of the molecule is CCCCC[C@H](/C=C/[C@@H]1[C@H]2CC(CCCCC(C)=O)=C[C@H]2C[C@H]1O)O[Si](C)(C)C(C)(C)C.CCCCC[C@H](/C=C/[C@H]1[C@@H]2CC(CCCCC(C)=O)=C[C@@H]2C[C@@H]1O)O[Si](C)(C)C(C)(C)C. The minimum absolute atomic E-state index is 0.161. The van der Waals surface area contributed by atoms with Gasteiger partial charge in [-0.1, -0.05) is 142 Å². The lowest BCUT2D eigenvalue weighted by Crippen LogP contribution is -2.43. The molecular formula is C56H100O6Si2. The number of carbonyl (C=O) groups excluding carboxylic acids is 2. The number of fused-ring (bicyclic) bond motifs is 2. The Morgan fingerprint density at radius 3 is 1.30 bits per heavy atom. The van der Waals surface area contributed by atoms with Gasteiger partial charge in [0.1, 0.15) is 11.6 Å². The largest absolute Gasteiger partial charge is 0.411 e. The van der Waals surface area contributed by atoms with Gasteiger partial charge in [-0.3, -0.25) is 0 Å². The Balaban J connectivity index is 0.000000340. The van der Waals surface area contributed by atoms with Crippen LogP contribution >= 0.6 is 0 Å². The lowest BCUT2D eigenvalue weighted by molar-refractivity contribution is -0.117. The highest BCUT2D eigenvalue weighted by Crippen LogP contribution is 2.50. The van der Waals surface area contributed by atoms with Gasteiger partial charge in [0.2, 0.25) is 0 Å². The zero-order chi connectivity index (χ0) is 47.9. The van der Waals surface area contributed by atoms with Crippen molar-refractivity contribution in [2.24, 2.45) is 35.5 Å². The molecule has 4 rings (SSSR count). The molecule has 0 radical (unpaired) electrons. The summed E-state index contributed by atoms with van der Waals surface area (Å²) in [6.45, 7) is 31.1. The minimum Gasteiger partial charge on any atom is -0.411 e. The monoisotopic (exact) mass is 925 g/mol. The average Bonchev–Trinajstić information content (AvgIpc) is 3.91. The molecule has 368 valence electrons. The summed E-state index contributed by atoms with van der Waals surface area (Å²) in [4.78, 5) is 22.3. The summed E-state index contributed by atoms with van der Waals surface area (Å²) >= 11 is 0. The zero-order valence-electron chi connectivity index (χ0n) is 43.9. The number of carbonyl (C=O) groups is 2. The van der Waals surface area contributed by atoms with E-state index in [1.807, 2.05) is 0 Å². The minimum atomic E-state index is -1.83. The fourth-order valence-electron chi connectivity index (χ4n) is 10.2. The molecule has 8 heteroatoms. The lowest BCUT2D eigenvalue weighted by Gasteiger charge is -2.39. The lowest BCUT2D eigenvalue weighted by atomic mass is 9.88. The number of unbranched alkanes of at least 4 members (excludes halogenated alkanes) is 6. The molecule has 64 heavy (non-hydrogen) atoms. The molecule has 2 saturated carbocycles. The third kappa shape index (κ3) is 18.2. The summed E-state index contributed by atoms with van der Waals surface area (Å²) < 4.78 is 13.6. The smallest absolute Gasteiger partial charge is 0.192 e. The summed E-state index contributed by atoms with van der Waals surface area (Å²) in [6, 6.07) is 0. The van der Waals surface area contributed by atoms with Crippen LogP contribution in [-0.2, 0) is 18.4 Å². The summed E-state index contributed by atoms with van der Waals surface area (Å²) in [7, 11) is -3.67. The Hall–Kier alpha value is -1.43. The molecule has 0 saturated heterocycles. The Morgan fingerprint density at radius 2 is 0.984 bits per heavy atom. The normalized spacial score (nSPS) is 27.1. The molecule has 0 amide bonds. The van der Waals surface area contributed by atoms with Crippen molar-refractivity contribution in [3.8, 4) is 0 Å². The predicted octanol–water partition coefficient (Wildman–Crippen LogP) is 15.2. The highest BCUT2D eigenvalue weighted by Gasteiger charge is 2.45. The van der Waals surface area contributed by atoms with E-state index in [0.717, 1.165) is 77.0 Å². The quantitative estimate of drug-likeness (QED) is 0.0510. The van der Waals surface area contributed by atoms with Crippen LogP contribution in [0, 0.1) is 35.5 Å². The van der Waals surface area contributed by atoms with E-state index in [-0.39, 0.29) is 46.3 Å². The molecule has 0 aromatic rings. The molecule has 2 N–H and O–H groups in total. The number of hydrogen-bond acceptors (Lipinski definition) is 6. The first-order valence-electron chi connectivity index (χ1n) is 26.3. The first-order valence-corrected chi connectivity index (χ1v) is 32.2. The first kappa shape index (κ1) is 56.9. The fourth-order valence-corrected chi connectivity index (χ4v) is 12.8. The summed E-state index contributed by atoms with van der Waals surface area (Å²) in [5.41, 5.74) is 3.09. The second-order valence-corrected chi connectivity index (χ2v) is 33.4. The average molecular weight is 926 g/mol. The van der Waals surface area contributed by atoms with E-state index in [0.29, 0.717) is 48.1 Å². The molecule has 4 aliphatic carbocycles. The van der Waals surface area contributed by atoms with Gasteiger partial charge in [-0.05, 0) is 151 Å². The van der Waals surface area contributed by atoms with Gasteiger partial charge < -0.3 is 28.7 Å². The Labute approximate surface area is 396 Å². The van der Waals surface area contributed by atoms with E-state index in [4.69, 9.17) is 8.85 Å². The van der Waals surface area contributed by atoms with Crippen LogP contribution in [0.5, 0.6) is 0 Å². The van der Waals surface area contributed by atoms with Gasteiger partial charge in [0, 0.05) is 24.7 Å². The van der Waals surface area contributed by atoms with E-state index in [9.17, 15) is 19.8 Å². The maximum absolute atomic E-state index is 11.2. The number of Topliss-reactive ketones (excluding diaryl/α,β-unsaturated/α-hetero) is 2. The number of aliphatic hydroxyl groups excluding tert-OH is 2. The van der Waals surface area contributed by atoms with Crippen molar-refractivity contribution in [1.29, 1.82) is 0 Å². The first-order chi connectivity index (χ1) is 29.9. The van der Waals surface area contributed by atoms with Crippen molar-refractivity contribution in [2.75, 3.05) is 0 Å². The molecule has 0 bridgehead atoms. The van der Waals surface area contributed by atoms with Crippen molar-refractivity contribution in [1.82, 2.24) is 0 Å². The maximum atomic E-state index is 11.2. The van der Waals surface area contributed by atoms with Gasteiger partial charge in [-0.15, -0.1) is 0 Å². The Morgan fingerprint density at radius 1 is 0.625 bits per heavy atom. The van der Waals surface area contributed by atoms with Crippen LogP contribution in [0.2, 0.25) is 36.3 Å². The zero-order valence-corrected chi connectivity index (χ0v) is 45.9. The van der Waals surface area contributed by atoms with Crippen LogP contribution in [0.4, 0.5) is 0 Å². The number of aliphatic hydroxyl groups is 2. The molecule has 10 atom stereocenters. The molecule has 0 spiro atoms. The van der Waals surface area contributed by atoms with Gasteiger partial charge in [0.05, 0.1) is 24.4 Å². The third-order valence-corrected chi connectivity index (χ3v) is 25.2. The van der Waals surface area contributed by atoms with Crippen molar-refractivity contribution in [2.45, 2.75) is 258 Å². The molecule has 0 heterocycles. The van der Waals surface area contributed by atoms with Crippen molar-refractivity contribution in [3.05, 3.63) is 47.6 Å². The van der Waals surface area contributed by atoms with Gasteiger partial charge in [-0.25, -0.2) is 0 Å². The van der Waals surface area contributed by atoms with E-state index < -0.39 is 16.6 Å². The Kier molecular flexibility index (Phi) is 23.4. The van der Waals surface area contributed by atoms with Gasteiger partial charge in [0.15, 0.2) is 16.6 Å². The van der Waals surface area contributed by atoms with E-state index in [1.165, 1.54) is 38.5 Å². The topological polar surface area (TPSA) is 93.1 Å². The molecule has 0 aromatic heterocycles. The summed E-state index contributed by atoms with van der Waals surface area (Å²) in [6.07, 6.45) is 35.3. The number of ketones is 2. The Bertz CT molecular complexity index is 1430. The molecular weight excluding hydrogens is 825 g/mol. The summed E-state index contributed by atoms with van der Waals surface area (Å²) in [5, 5.41) is 22.0. The van der Waals surface area contributed by atoms with Crippen molar-refractivity contribution in [3.63, 3.8) is 0 Å². The van der Waals surface area contributed by atoms with Crippen LogP contribution in [0.15, 0.2) is 47.6 Å². The molecule has 0 unspecified atom stereocenters. The van der Waals surface area contributed by atoms with Crippen LogP contribution in [0.25, 0.3) is 0 Å². The number of rotatable bonds is 26. The standard InChI is InChI=1S/2C28H50O3Si/c2*1-8-9-10-15-24(31-32(6,7)28(3,4)5)16-17-25-26-19-22(14-12-11-13-21(2)29)18-23(26)20-27(25)30/h2*16-18,23-27,30H,8-15,19-20H2,1-7H3/b2*17-16+/t23-,24+,25+,26-,27+;23-,24-,25+,26-,27+/m01/s1. The van der Waals surface area contributed by atoms with Gasteiger partial charge in [-0.2, -0.15) is 0 Å². The van der Waals surface area contributed by atoms with Gasteiger partial charge in [0.25, 0.3) is 0 Å².